The van der Waals surface area contributed by atoms with Gasteiger partial charge in [-0.2, -0.15) is 0 Å². The van der Waals surface area contributed by atoms with Crippen molar-refractivity contribution in [3.05, 3.63) is 82.4 Å². The lowest BCUT2D eigenvalue weighted by molar-refractivity contribution is 0.000663. The van der Waals surface area contributed by atoms with Crippen LogP contribution in [0, 0.1) is 0 Å². The summed E-state index contributed by atoms with van der Waals surface area (Å²) in [6, 6.07) is 17.5. The maximum Gasteiger partial charge on any atom is 0.161 e. The quantitative estimate of drug-likeness (QED) is 0.0425. The van der Waals surface area contributed by atoms with Crippen molar-refractivity contribution in [3.63, 3.8) is 0 Å². The van der Waals surface area contributed by atoms with Crippen molar-refractivity contribution in [1.82, 2.24) is 0 Å². The molecule has 0 unspecified atom stereocenters. The fraction of sp³-hybridized carbons (Fsp3) is 0.613. The average Bonchev–Trinajstić information content (AvgIpc) is 3.40. The molecule has 410 valence electrons. The molecule has 2 aliphatic heterocycles. The number of hydrogen-bond donors (Lipinski definition) is 2. The van der Waals surface area contributed by atoms with Gasteiger partial charge in [0, 0.05) is 41.3 Å². The molecule has 0 aliphatic carbocycles. The molecule has 4 aromatic carbocycles. The van der Waals surface area contributed by atoms with E-state index < -0.39 is 30.3 Å². The first-order chi connectivity index (χ1) is 36.2. The first kappa shape index (κ1) is 58.1. The molecule has 0 aromatic heterocycles. The smallest absolute Gasteiger partial charge is 0.161 e. The van der Waals surface area contributed by atoms with Crippen LogP contribution in [0.2, 0.25) is 0 Å². The van der Waals surface area contributed by atoms with Crippen molar-refractivity contribution < 1.29 is 57.6 Å². The van der Waals surface area contributed by atoms with Gasteiger partial charge in [-0.05, 0) is 86.8 Å². The van der Waals surface area contributed by atoms with Crippen LogP contribution in [0.5, 0.6) is 57.5 Å². The highest BCUT2D eigenvalue weighted by Gasteiger charge is 2.47. The number of aliphatic hydroxyl groups is 2. The predicted molar refractivity (Wildman–Crippen MR) is 293 cm³/mol. The van der Waals surface area contributed by atoms with Gasteiger partial charge in [0.15, 0.2) is 29.1 Å². The van der Waals surface area contributed by atoms with E-state index in [1.807, 2.05) is 54.6 Å². The van der Waals surface area contributed by atoms with E-state index in [1.54, 1.807) is 0 Å². The third kappa shape index (κ3) is 15.5. The third-order valence-corrected chi connectivity index (χ3v) is 13.6. The molecular weight excluding hydrogens is 937 g/mol. The summed E-state index contributed by atoms with van der Waals surface area (Å²) in [5, 5.41) is 25.8. The fourth-order valence-corrected chi connectivity index (χ4v) is 9.16. The van der Waals surface area contributed by atoms with Crippen LogP contribution in [0.4, 0.5) is 0 Å². The molecule has 0 saturated carbocycles. The van der Waals surface area contributed by atoms with E-state index >= 15 is 0 Å². The van der Waals surface area contributed by atoms with Crippen LogP contribution in [-0.4, -0.2) is 75.3 Å². The van der Waals surface area contributed by atoms with E-state index in [0.717, 1.165) is 108 Å². The molecule has 0 fully saturated rings. The van der Waals surface area contributed by atoms with E-state index in [2.05, 4.69) is 55.4 Å². The number of ether oxygens (including phenoxy) is 10. The fourth-order valence-electron chi connectivity index (χ4n) is 9.16. The molecule has 2 heterocycles. The molecule has 0 radical (unpaired) electrons. The number of benzene rings is 4. The summed E-state index contributed by atoms with van der Waals surface area (Å²) < 4.78 is 66.5. The average molecular weight is 1030 g/mol. The highest BCUT2D eigenvalue weighted by Crippen LogP contribution is 2.58. The summed E-state index contributed by atoms with van der Waals surface area (Å²) in [7, 11) is 0. The Bertz CT molecular complexity index is 2280. The van der Waals surface area contributed by atoms with Crippen LogP contribution >= 0.6 is 0 Å². The molecule has 6 rings (SSSR count). The van der Waals surface area contributed by atoms with Crippen molar-refractivity contribution in [3.8, 4) is 57.5 Å². The predicted octanol–water partition coefficient (Wildman–Crippen LogP) is 14.8. The first-order valence-electron chi connectivity index (χ1n) is 28.6. The van der Waals surface area contributed by atoms with Gasteiger partial charge >= 0.3 is 0 Å². The van der Waals surface area contributed by atoms with Crippen LogP contribution in [0.3, 0.4) is 0 Å². The van der Waals surface area contributed by atoms with E-state index in [4.69, 9.17) is 47.4 Å². The van der Waals surface area contributed by atoms with Gasteiger partial charge in [0.05, 0.1) is 64.9 Å². The zero-order valence-corrected chi connectivity index (χ0v) is 46.2. The molecule has 12 nitrogen and oxygen atoms in total. The molecule has 0 bridgehead atoms. The van der Waals surface area contributed by atoms with Crippen molar-refractivity contribution in [2.45, 2.75) is 195 Å². The standard InChI is InChI=1S/C62H90O12/c1-9-17-29-65-45-39-53(71-35-23-15-7)56-55(40-45)73-61(44-26-28-49(67-31-19-11-3)52(38-44)70-34-22-14-6)59(64)58(56)57-54(72-36-24-16-8)42-50(68-32-20-12-4)46-41-47(63)60(74-62(46)57)43-25-27-48(66-30-18-10-2)51(37-43)69-33-21-13-5/h25-28,37-40,42,47,58-61,63-64H,9-24,29-36,41H2,1-8H3/t47-,58-,59+,60-,61+/m1/s1. The monoisotopic (exact) mass is 1030 g/mol. The molecule has 74 heavy (non-hydrogen) atoms. The van der Waals surface area contributed by atoms with Crippen LogP contribution in [0.15, 0.2) is 54.6 Å². The lowest BCUT2D eigenvalue weighted by Gasteiger charge is -2.41. The van der Waals surface area contributed by atoms with Gasteiger partial charge in [-0.15, -0.1) is 0 Å². The summed E-state index contributed by atoms with van der Waals surface area (Å²) in [6.45, 7) is 21.1. The highest BCUT2D eigenvalue weighted by molar-refractivity contribution is 5.67. The van der Waals surface area contributed by atoms with Crippen molar-refractivity contribution in [2.24, 2.45) is 0 Å². The summed E-state index contributed by atoms with van der Waals surface area (Å²) in [5.41, 5.74) is 3.41. The Morgan fingerprint density at radius 1 is 0.405 bits per heavy atom. The Morgan fingerprint density at radius 3 is 1.28 bits per heavy atom. The number of rotatable bonds is 35. The summed E-state index contributed by atoms with van der Waals surface area (Å²) in [6.07, 6.45) is 10.9. The molecule has 4 aromatic rings. The zero-order chi connectivity index (χ0) is 52.7. The SMILES string of the molecule is CCCCOc1cc(OCCCC)c2c(c1)O[C@@H](c1ccc(OCCCC)c(OCCCC)c1)[C@@H](O)[C@H]2c1c(OCCCC)cc(OCCCC)c2c1O[C@H](c1ccc(OCCCC)c(OCCCC)c1)[C@H](O)C2. The number of fused-ring (bicyclic) bond motifs is 2. The van der Waals surface area contributed by atoms with Gasteiger partial charge in [-0.1, -0.05) is 119 Å². The van der Waals surface area contributed by atoms with E-state index in [0.29, 0.717) is 133 Å². The van der Waals surface area contributed by atoms with Crippen molar-refractivity contribution in [1.29, 1.82) is 0 Å². The third-order valence-electron chi connectivity index (χ3n) is 13.6. The largest absolute Gasteiger partial charge is 0.493 e. The maximum atomic E-state index is 13.5. The van der Waals surface area contributed by atoms with Crippen LogP contribution in [0.25, 0.3) is 0 Å². The minimum absolute atomic E-state index is 0.210. The Morgan fingerprint density at radius 2 is 0.811 bits per heavy atom. The first-order valence-corrected chi connectivity index (χ1v) is 28.6. The highest BCUT2D eigenvalue weighted by atomic mass is 16.5. The Hall–Kier alpha value is -5.20. The van der Waals surface area contributed by atoms with Gasteiger partial charge in [0.1, 0.15) is 46.7 Å². The number of unbranched alkanes of at least 4 members (excludes halogenated alkanes) is 8. The molecule has 0 spiro atoms. The van der Waals surface area contributed by atoms with E-state index in [1.165, 1.54) is 0 Å². The summed E-state index contributed by atoms with van der Waals surface area (Å²) in [4.78, 5) is 0. The topological polar surface area (TPSA) is 133 Å². The van der Waals surface area contributed by atoms with Crippen LogP contribution in [-0.2, 0) is 6.42 Å². The zero-order valence-electron chi connectivity index (χ0n) is 46.2. The van der Waals surface area contributed by atoms with E-state index in [9.17, 15) is 10.2 Å². The Balaban J connectivity index is 1.61. The molecule has 2 N–H and O–H groups in total. The number of hydrogen-bond acceptors (Lipinski definition) is 12. The molecule has 0 amide bonds. The van der Waals surface area contributed by atoms with Crippen molar-refractivity contribution in [2.75, 3.05) is 52.9 Å². The Kier molecular flexibility index (Phi) is 24.3. The second kappa shape index (κ2) is 31.0. The molecule has 2 aliphatic rings. The van der Waals surface area contributed by atoms with Gasteiger partial charge in [0.2, 0.25) is 0 Å². The second-order valence-electron chi connectivity index (χ2n) is 19.8. The maximum absolute atomic E-state index is 13.5. The lowest BCUT2D eigenvalue weighted by atomic mass is 9.77. The van der Waals surface area contributed by atoms with E-state index in [-0.39, 0.29) is 6.42 Å². The minimum Gasteiger partial charge on any atom is -0.493 e. The Labute approximate surface area is 443 Å². The second-order valence-corrected chi connectivity index (χ2v) is 19.8. The van der Waals surface area contributed by atoms with Crippen LogP contribution < -0.4 is 47.4 Å². The normalized spacial score (nSPS) is 17.8. The number of aliphatic hydroxyl groups excluding tert-OH is 2. The molecular formula is C62H90O12. The van der Waals surface area contributed by atoms with Gasteiger partial charge < -0.3 is 57.6 Å². The summed E-state index contributed by atoms with van der Waals surface area (Å²) in [5.74, 6) is 4.92. The van der Waals surface area contributed by atoms with Gasteiger partial charge in [-0.3, -0.25) is 0 Å². The molecule has 12 heteroatoms. The van der Waals surface area contributed by atoms with Gasteiger partial charge in [-0.25, -0.2) is 0 Å². The lowest BCUT2D eigenvalue weighted by Crippen LogP contribution is -2.37. The van der Waals surface area contributed by atoms with Crippen molar-refractivity contribution >= 4 is 0 Å². The molecule has 0 saturated heterocycles. The minimum atomic E-state index is -1.23. The molecule has 5 atom stereocenters. The van der Waals surface area contributed by atoms with Crippen LogP contribution in [0.1, 0.15) is 204 Å². The van der Waals surface area contributed by atoms with Gasteiger partial charge in [0.25, 0.3) is 0 Å². The summed E-state index contributed by atoms with van der Waals surface area (Å²) >= 11 is 0.